The highest BCUT2D eigenvalue weighted by atomic mass is 35.5. The molecular formula is C15H20ClN3O2. The molecule has 0 aliphatic heterocycles. The molecule has 1 heterocycles. The summed E-state index contributed by atoms with van der Waals surface area (Å²) in [7, 11) is 1.89. The minimum Gasteiger partial charge on any atom is -0.485 e. The first-order valence-corrected chi connectivity index (χ1v) is 7.31. The van der Waals surface area contributed by atoms with Gasteiger partial charge in [0.05, 0.1) is 0 Å². The van der Waals surface area contributed by atoms with Crippen molar-refractivity contribution < 1.29 is 9.26 Å². The van der Waals surface area contributed by atoms with E-state index in [2.05, 4.69) is 15.5 Å². The van der Waals surface area contributed by atoms with Crippen LogP contribution in [0.15, 0.2) is 22.7 Å². The summed E-state index contributed by atoms with van der Waals surface area (Å²) in [5, 5.41) is 7.77. The number of nitrogens with one attached hydrogen (secondary N) is 1. The molecule has 6 heteroatoms. The molecule has 1 N–H and O–H groups in total. The third-order valence-corrected chi connectivity index (χ3v) is 3.44. The zero-order valence-corrected chi connectivity index (χ0v) is 13.4. The van der Waals surface area contributed by atoms with Crippen molar-refractivity contribution in [3.63, 3.8) is 0 Å². The molecule has 21 heavy (non-hydrogen) atoms. The lowest BCUT2D eigenvalue weighted by Crippen LogP contribution is -2.14. The fourth-order valence-electron chi connectivity index (χ4n) is 1.85. The van der Waals surface area contributed by atoms with Crippen molar-refractivity contribution in [1.29, 1.82) is 0 Å². The summed E-state index contributed by atoms with van der Waals surface area (Å²) >= 11 is 6.05. The van der Waals surface area contributed by atoms with Crippen molar-refractivity contribution in [1.82, 2.24) is 15.5 Å². The van der Waals surface area contributed by atoms with Gasteiger partial charge in [-0.2, -0.15) is 4.98 Å². The van der Waals surface area contributed by atoms with Gasteiger partial charge in [0.1, 0.15) is 5.75 Å². The quantitative estimate of drug-likeness (QED) is 0.881. The van der Waals surface area contributed by atoms with Gasteiger partial charge in [-0.3, -0.25) is 0 Å². The van der Waals surface area contributed by atoms with Gasteiger partial charge in [0, 0.05) is 22.5 Å². The molecular weight excluding hydrogens is 290 g/mol. The first kappa shape index (κ1) is 15.8. The first-order chi connectivity index (χ1) is 10.0. The molecule has 0 aliphatic rings. The summed E-state index contributed by atoms with van der Waals surface area (Å²) < 4.78 is 11.0. The van der Waals surface area contributed by atoms with Gasteiger partial charge in [-0.1, -0.05) is 30.6 Å². The van der Waals surface area contributed by atoms with Crippen molar-refractivity contribution >= 4 is 11.6 Å². The topological polar surface area (TPSA) is 60.2 Å². The standard InChI is InChI=1S/C15H20ClN3O2/c1-9(2)15-18-14(19-21-15)8-20-13-6-5-11(16)7-12(13)10(3)17-4/h5-7,9-10,17H,8H2,1-4H3. The fraction of sp³-hybridized carbons (Fsp3) is 0.467. The van der Waals surface area contributed by atoms with Gasteiger partial charge < -0.3 is 14.6 Å². The molecule has 0 fully saturated rings. The number of rotatable bonds is 6. The first-order valence-electron chi connectivity index (χ1n) is 6.93. The van der Waals surface area contributed by atoms with Gasteiger partial charge in [0.2, 0.25) is 11.7 Å². The van der Waals surface area contributed by atoms with Gasteiger partial charge in [-0.15, -0.1) is 0 Å². The van der Waals surface area contributed by atoms with Gasteiger partial charge in [-0.05, 0) is 32.2 Å². The molecule has 0 spiro atoms. The Bertz CT molecular complexity index is 598. The summed E-state index contributed by atoms with van der Waals surface area (Å²) in [6.45, 7) is 6.32. The van der Waals surface area contributed by atoms with Crippen LogP contribution in [-0.2, 0) is 6.61 Å². The number of hydrogen-bond acceptors (Lipinski definition) is 5. The van der Waals surface area contributed by atoms with E-state index in [0.29, 0.717) is 16.7 Å². The number of nitrogens with zero attached hydrogens (tertiary/aromatic N) is 2. The molecule has 0 aliphatic carbocycles. The van der Waals surface area contributed by atoms with E-state index in [-0.39, 0.29) is 18.6 Å². The smallest absolute Gasteiger partial charge is 0.229 e. The minimum absolute atomic E-state index is 0.134. The molecule has 2 aromatic rings. The fourth-order valence-corrected chi connectivity index (χ4v) is 2.03. The maximum absolute atomic E-state index is 6.05. The van der Waals surface area contributed by atoms with Gasteiger partial charge in [0.15, 0.2) is 6.61 Å². The van der Waals surface area contributed by atoms with Crippen LogP contribution >= 0.6 is 11.6 Å². The van der Waals surface area contributed by atoms with E-state index in [0.717, 1.165) is 11.3 Å². The molecule has 1 aromatic heterocycles. The van der Waals surface area contributed by atoms with E-state index >= 15 is 0 Å². The monoisotopic (exact) mass is 309 g/mol. The second kappa shape index (κ2) is 6.91. The van der Waals surface area contributed by atoms with Crippen LogP contribution in [0.5, 0.6) is 5.75 Å². The Morgan fingerprint density at radius 2 is 2.10 bits per heavy atom. The molecule has 2 rings (SSSR count). The van der Waals surface area contributed by atoms with Crippen LogP contribution in [-0.4, -0.2) is 17.2 Å². The zero-order valence-electron chi connectivity index (χ0n) is 12.7. The highest BCUT2D eigenvalue weighted by molar-refractivity contribution is 6.30. The van der Waals surface area contributed by atoms with Crippen molar-refractivity contribution in [2.24, 2.45) is 0 Å². The predicted octanol–water partition coefficient (Wildman–Crippen LogP) is 3.71. The lowest BCUT2D eigenvalue weighted by atomic mass is 10.1. The van der Waals surface area contributed by atoms with E-state index in [1.54, 1.807) is 6.07 Å². The Morgan fingerprint density at radius 1 is 1.33 bits per heavy atom. The lowest BCUT2D eigenvalue weighted by molar-refractivity contribution is 0.280. The lowest BCUT2D eigenvalue weighted by Gasteiger charge is -2.16. The number of aromatic nitrogens is 2. The summed E-state index contributed by atoms with van der Waals surface area (Å²) in [5.74, 6) is 2.13. The molecule has 1 unspecified atom stereocenters. The summed E-state index contributed by atoms with van der Waals surface area (Å²) in [5.41, 5.74) is 0.998. The van der Waals surface area contributed by atoms with Crippen molar-refractivity contribution in [3.05, 3.63) is 40.5 Å². The van der Waals surface area contributed by atoms with Gasteiger partial charge in [0.25, 0.3) is 0 Å². The van der Waals surface area contributed by atoms with E-state index in [4.69, 9.17) is 20.9 Å². The molecule has 114 valence electrons. The minimum atomic E-state index is 0.134. The van der Waals surface area contributed by atoms with Gasteiger partial charge in [-0.25, -0.2) is 0 Å². The average molecular weight is 310 g/mol. The normalized spacial score (nSPS) is 12.7. The van der Waals surface area contributed by atoms with E-state index < -0.39 is 0 Å². The molecule has 5 nitrogen and oxygen atoms in total. The molecule has 0 saturated heterocycles. The number of ether oxygens (including phenoxy) is 1. The van der Waals surface area contributed by atoms with Crippen molar-refractivity contribution in [3.8, 4) is 5.75 Å². The second-order valence-corrected chi connectivity index (χ2v) is 5.62. The third kappa shape index (κ3) is 3.95. The van der Waals surface area contributed by atoms with Crippen LogP contribution in [0.3, 0.4) is 0 Å². The van der Waals surface area contributed by atoms with E-state index in [1.165, 1.54) is 0 Å². The Balaban J connectivity index is 2.11. The molecule has 1 atom stereocenters. The zero-order chi connectivity index (χ0) is 15.4. The largest absolute Gasteiger partial charge is 0.485 e. The van der Waals surface area contributed by atoms with Crippen LogP contribution in [0.2, 0.25) is 5.02 Å². The third-order valence-electron chi connectivity index (χ3n) is 3.21. The van der Waals surface area contributed by atoms with Crippen LogP contribution in [0, 0.1) is 0 Å². The van der Waals surface area contributed by atoms with Crippen LogP contribution < -0.4 is 10.1 Å². The number of hydrogen-bond donors (Lipinski definition) is 1. The summed E-state index contributed by atoms with van der Waals surface area (Å²) in [4.78, 5) is 4.29. The van der Waals surface area contributed by atoms with E-state index in [9.17, 15) is 0 Å². The van der Waals surface area contributed by atoms with Gasteiger partial charge >= 0.3 is 0 Å². The van der Waals surface area contributed by atoms with Crippen LogP contribution in [0.4, 0.5) is 0 Å². The molecule has 0 bridgehead atoms. The predicted molar refractivity (Wildman–Crippen MR) is 81.6 cm³/mol. The summed E-state index contributed by atoms with van der Waals surface area (Å²) in [6, 6.07) is 5.69. The van der Waals surface area contributed by atoms with Crippen molar-refractivity contribution in [2.45, 2.75) is 39.3 Å². The van der Waals surface area contributed by atoms with Crippen molar-refractivity contribution in [2.75, 3.05) is 7.05 Å². The highest BCUT2D eigenvalue weighted by Crippen LogP contribution is 2.28. The Kier molecular flexibility index (Phi) is 5.20. The Morgan fingerprint density at radius 3 is 2.71 bits per heavy atom. The highest BCUT2D eigenvalue weighted by Gasteiger charge is 2.14. The number of halogens is 1. The Labute approximate surface area is 129 Å². The molecule has 0 radical (unpaired) electrons. The second-order valence-electron chi connectivity index (χ2n) is 5.18. The Hall–Kier alpha value is -1.59. The maximum Gasteiger partial charge on any atom is 0.229 e. The number of benzene rings is 1. The summed E-state index contributed by atoms with van der Waals surface area (Å²) in [6.07, 6.45) is 0. The molecule has 0 amide bonds. The van der Waals surface area contributed by atoms with Crippen LogP contribution in [0.25, 0.3) is 0 Å². The molecule has 0 saturated carbocycles. The van der Waals surface area contributed by atoms with Crippen LogP contribution in [0.1, 0.15) is 50.0 Å². The SMILES string of the molecule is CNC(C)c1cc(Cl)ccc1OCc1noc(C(C)C)n1. The maximum atomic E-state index is 6.05. The molecule has 1 aromatic carbocycles. The average Bonchev–Trinajstić information content (AvgIpc) is 2.94. The van der Waals surface area contributed by atoms with E-state index in [1.807, 2.05) is 40.0 Å².